The number of ether oxygens (including phenoxy) is 1. The summed E-state index contributed by atoms with van der Waals surface area (Å²) < 4.78 is 41.9. The number of aryl methyl sites for hydroxylation is 2. The molecule has 0 spiro atoms. The van der Waals surface area contributed by atoms with Gasteiger partial charge in [0.15, 0.2) is 0 Å². The quantitative estimate of drug-likeness (QED) is 0.429. The van der Waals surface area contributed by atoms with Crippen LogP contribution in [0.5, 0.6) is 5.75 Å². The smallest absolute Gasteiger partial charge is 0.406 e. The standard InChI is InChI=1S/C22H22ClF3N4O/c1-12(2)27-21-28-18(15-6-5-7-17(10-15)31-22(24,25)26)11-19(30-21)29-20-13(3)8-16(23)9-14(20)4/h5-12H,1-4H3,(H2,27,28,29,30). The van der Waals surface area contributed by atoms with Crippen LogP contribution in [0, 0.1) is 13.8 Å². The number of rotatable bonds is 6. The van der Waals surface area contributed by atoms with Crippen molar-refractivity contribution >= 4 is 29.1 Å². The summed E-state index contributed by atoms with van der Waals surface area (Å²) in [6, 6.07) is 11.1. The SMILES string of the molecule is Cc1cc(Cl)cc(C)c1Nc1cc(-c2cccc(OC(F)(F)F)c2)nc(NC(C)C)n1. The maximum atomic E-state index is 12.6. The molecule has 164 valence electrons. The Bertz CT molecular complexity index is 1060. The minimum Gasteiger partial charge on any atom is -0.406 e. The molecule has 0 saturated heterocycles. The number of hydrogen-bond acceptors (Lipinski definition) is 5. The van der Waals surface area contributed by atoms with Gasteiger partial charge in [-0.3, -0.25) is 0 Å². The summed E-state index contributed by atoms with van der Waals surface area (Å²) >= 11 is 6.12. The van der Waals surface area contributed by atoms with E-state index in [9.17, 15) is 13.2 Å². The Balaban J connectivity index is 2.03. The average Bonchev–Trinajstić information content (AvgIpc) is 2.63. The number of anilines is 3. The molecule has 0 atom stereocenters. The molecule has 0 amide bonds. The van der Waals surface area contributed by atoms with Crippen LogP contribution in [-0.2, 0) is 0 Å². The molecule has 0 saturated carbocycles. The van der Waals surface area contributed by atoms with Crippen molar-refractivity contribution < 1.29 is 17.9 Å². The molecular formula is C22H22ClF3N4O. The lowest BCUT2D eigenvalue weighted by molar-refractivity contribution is -0.274. The van der Waals surface area contributed by atoms with E-state index in [0.717, 1.165) is 16.8 Å². The van der Waals surface area contributed by atoms with Gasteiger partial charge < -0.3 is 15.4 Å². The lowest BCUT2D eigenvalue weighted by Crippen LogP contribution is -2.17. The molecule has 3 aromatic rings. The van der Waals surface area contributed by atoms with E-state index in [0.29, 0.717) is 28.0 Å². The Labute approximate surface area is 183 Å². The summed E-state index contributed by atoms with van der Waals surface area (Å²) in [6.45, 7) is 7.73. The fourth-order valence-electron chi connectivity index (χ4n) is 3.07. The number of nitrogens with zero attached hydrogens (tertiary/aromatic N) is 2. The highest BCUT2D eigenvalue weighted by Gasteiger charge is 2.31. The minimum atomic E-state index is -4.77. The molecule has 0 fully saturated rings. The zero-order valence-corrected chi connectivity index (χ0v) is 18.2. The Morgan fingerprint density at radius 2 is 1.68 bits per heavy atom. The number of halogens is 4. The van der Waals surface area contributed by atoms with E-state index in [4.69, 9.17) is 11.6 Å². The Morgan fingerprint density at radius 1 is 1.00 bits per heavy atom. The summed E-state index contributed by atoms with van der Waals surface area (Å²) in [6.07, 6.45) is -4.77. The van der Waals surface area contributed by atoms with Crippen LogP contribution >= 0.6 is 11.6 Å². The van der Waals surface area contributed by atoms with Crippen LogP contribution in [0.4, 0.5) is 30.6 Å². The van der Waals surface area contributed by atoms with Crippen LogP contribution in [0.2, 0.25) is 5.02 Å². The van der Waals surface area contributed by atoms with Gasteiger partial charge in [0, 0.05) is 28.4 Å². The van der Waals surface area contributed by atoms with Crippen molar-refractivity contribution in [2.75, 3.05) is 10.6 Å². The van der Waals surface area contributed by atoms with E-state index >= 15 is 0 Å². The zero-order valence-electron chi connectivity index (χ0n) is 17.4. The molecule has 0 aliphatic carbocycles. The summed E-state index contributed by atoms with van der Waals surface area (Å²) in [7, 11) is 0. The molecule has 0 aliphatic rings. The van der Waals surface area contributed by atoms with Gasteiger partial charge in [0.1, 0.15) is 11.6 Å². The van der Waals surface area contributed by atoms with Gasteiger partial charge in [-0.05, 0) is 63.1 Å². The topological polar surface area (TPSA) is 59.1 Å². The fourth-order valence-corrected chi connectivity index (χ4v) is 3.40. The van der Waals surface area contributed by atoms with Crippen LogP contribution < -0.4 is 15.4 Å². The number of hydrogen-bond donors (Lipinski definition) is 2. The molecule has 0 bridgehead atoms. The lowest BCUT2D eigenvalue weighted by Gasteiger charge is -2.16. The van der Waals surface area contributed by atoms with Gasteiger partial charge in [-0.1, -0.05) is 23.7 Å². The molecular weight excluding hydrogens is 429 g/mol. The third-order valence-electron chi connectivity index (χ3n) is 4.26. The number of benzene rings is 2. The molecule has 1 aromatic heterocycles. The van der Waals surface area contributed by atoms with Gasteiger partial charge in [-0.15, -0.1) is 13.2 Å². The predicted molar refractivity (Wildman–Crippen MR) is 117 cm³/mol. The molecule has 9 heteroatoms. The first-order valence-electron chi connectivity index (χ1n) is 9.56. The van der Waals surface area contributed by atoms with Crippen LogP contribution in [0.25, 0.3) is 11.3 Å². The molecule has 0 unspecified atom stereocenters. The number of aromatic nitrogens is 2. The molecule has 31 heavy (non-hydrogen) atoms. The Hall–Kier alpha value is -3.00. The predicted octanol–water partition coefficient (Wildman–Crippen LogP) is 6.88. The second kappa shape index (κ2) is 9.01. The monoisotopic (exact) mass is 450 g/mol. The maximum absolute atomic E-state index is 12.6. The molecule has 5 nitrogen and oxygen atoms in total. The van der Waals surface area contributed by atoms with Gasteiger partial charge in [0.25, 0.3) is 0 Å². The average molecular weight is 451 g/mol. The van der Waals surface area contributed by atoms with Crippen molar-refractivity contribution in [2.45, 2.75) is 40.1 Å². The minimum absolute atomic E-state index is 0.0574. The molecule has 2 aromatic carbocycles. The van der Waals surface area contributed by atoms with Gasteiger partial charge in [-0.25, -0.2) is 4.98 Å². The molecule has 2 N–H and O–H groups in total. The Kier molecular flexibility index (Phi) is 6.59. The van der Waals surface area contributed by atoms with Crippen molar-refractivity contribution in [2.24, 2.45) is 0 Å². The van der Waals surface area contributed by atoms with Crippen molar-refractivity contribution in [1.82, 2.24) is 9.97 Å². The first kappa shape index (κ1) is 22.7. The largest absolute Gasteiger partial charge is 0.573 e. The Morgan fingerprint density at radius 3 is 2.29 bits per heavy atom. The zero-order chi connectivity index (χ0) is 22.8. The van der Waals surface area contributed by atoms with Crippen LogP contribution in [0.15, 0.2) is 42.5 Å². The summed E-state index contributed by atoms with van der Waals surface area (Å²) in [5.74, 6) is 0.520. The number of alkyl halides is 3. The first-order valence-corrected chi connectivity index (χ1v) is 9.93. The lowest BCUT2D eigenvalue weighted by atomic mass is 10.1. The van der Waals surface area contributed by atoms with Crippen LogP contribution in [0.1, 0.15) is 25.0 Å². The second-order valence-electron chi connectivity index (χ2n) is 7.38. The third-order valence-corrected chi connectivity index (χ3v) is 4.48. The van der Waals surface area contributed by atoms with E-state index in [1.807, 2.05) is 39.8 Å². The first-order chi connectivity index (χ1) is 14.5. The fraction of sp³-hybridized carbons (Fsp3) is 0.273. The summed E-state index contributed by atoms with van der Waals surface area (Å²) in [5, 5.41) is 7.05. The summed E-state index contributed by atoms with van der Waals surface area (Å²) in [5.41, 5.74) is 3.62. The van der Waals surface area contributed by atoms with Gasteiger partial charge in [0.05, 0.1) is 5.69 Å². The molecule has 3 rings (SSSR count). The maximum Gasteiger partial charge on any atom is 0.573 e. The highest BCUT2D eigenvalue weighted by Crippen LogP contribution is 2.31. The van der Waals surface area contributed by atoms with E-state index in [2.05, 4.69) is 25.3 Å². The van der Waals surface area contributed by atoms with Crippen LogP contribution in [-0.4, -0.2) is 22.4 Å². The van der Waals surface area contributed by atoms with E-state index < -0.39 is 6.36 Å². The summed E-state index contributed by atoms with van der Waals surface area (Å²) in [4.78, 5) is 8.97. The van der Waals surface area contributed by atoms with Gasteiger partial charge in [0.2, 0.25) is 5.95 Å². The van der Waals surface area contributed by atoms with E-state index in [-0.39, 0.29) is 11.8 Å². The van der Waals surface area contributed by atoms with Crippen molar-refractivity contribution in [3.05, 3.63) is 58.6 Å². The van der Waals surface area contributed by atoms with Gasteiger partial charge >= 0.3 is 6.36 Å². The third kappa shape index (κ3) is 6.24. The molecule has 1 heterocycles. The van der Waals surface area contributed by atoms with E-state index in [1.54, 1.807) is 12.1 Å². The van der Waals surface area contributed by atoms with Crippen molar-refractivity contribution in [3.63, 3.8) is 0 Å². The second-order valence-corrected chi connectivity index (χ2v) is 7.81. The van der Waals surface area contributed by atoms with Gasteiger partial charge in [-0.2, -0.15) is 4.98 Å². The molecule has 0 radical (unpaired) electrons. The normalized spacial score (nSPS) is 11.5. The van der Waals surface area contributed by atoms with E-state index in [1.165, 1.54) is 18.2 Å². The van der Waals surface area contributed by atoms with Crippen molar-refractivity contribution in [1.29, 1.82) is 0 Å². The van der Waals surface area contributed by atoms with Crippen LogP contribution in [0.3, 0.4) is 0 Å². The van der Waals surface area contributed by atoms with Crippen molar-refractivity contribution in [3.8, 4) is 17.0 Å². The molecule has 0 aliphatic heterocycles. The number of nitrogens with one attached hydrogen (secondary N) is 2. The highest BCUT2D eigenvalue weighted by molar-refractivity contribution is 6.30. The highest BCUT2D eigenvalue weighted by atomic mass is 35.5.